The van der Waals surface area contributed by atoms with E-state index >= 15 is 0 Å². The lowest BCUT2D eigenvalue weighted by atomic mass is 10.2. The molecule has 0 amide bonds. The van der Waals surface area contributed by atoms with Gasteiger partial charge in [-0.25, -0.2) is 4.79 Å². The van der Waals surface area contributed by atoms with E-state index in [2.05, 4.69) is 0 Å². The molecule has 1 heterocycles. The first-order chi connectivity index (χ1) is 6.74. The first kappa shape index (κ1) is 11.2. The van der Waals surface area contributed by atoms with Crippen LogP contribution in [0.5, 0.6) is 0 Å². The molecule has 4 heteroatoms. The van der Waals surface area contributed by atoms with Gasteiger partial charge in [-0.15, -0.1) is 11.3 Å². The molecule has 1 atom stereocenters. The summed E-state index contributed by atoms with van der Waals surface area (Å²) in [4.78, 5) is 11.8. The number of carboxylic acids is 1. The molecule has 0 saturated heterocycles. The molecule has 0 radical (unpaired) electrons. The fourth-order valence-electron chi connectivity index (χ4n) is 1.12. The van der Waals surface area contributed by atoms with Crippen LogP contribution >= 0.6 is 11.3 Å². The van der Waals surface area contributed by atoms with E-state index < -0.39 is 12.1 Å². The first-order valence-electron chi connectivity index (χ1n) is 4.60. The molecule has 0 aliphatic heterocycles. The predicted molar refractivity (Wildman–Crippen MR) is 55.4 cm³/mol. The average Bonchev–Trinajstić information content (AvgIpc) is 2.64. The van der Waals surface area contributed by atoms with Crippen LogP contribution in [0, 0.1) is 0 Å². The largest absolute Gasteiger partial charge is 0.479 e. The first-order valence-corrected chi connectivity index (χ1v) is 5.48. The smallest absolute Gasteiger partial charge is 0.332 e. The molecule has 1 aromatic heterocycles. The summed E-state index contributed by atoms with van der Waals surface area (Å²) in [5.41, 5.74) is 0. The molecule has 1 unspecified atom stereocenters. The number of aliphatic carboxylic acids is 1. The summed E-state index contributed by atoms with van der Waals surface area (Å²) in [5.74, 6) is -0.872. The third-order valence-corrected chi connectivity index (χ3v) is 2.68. The predicted octanol–water partition coefficient (Wildman–Crippen LogP) is 2.52. The van der Waals surface area contributed by atoms with Crippen molar-refractivity contribution < 1.29 is 14.6 Å². The van der Waals surface area contributed by atoms with Crippen molar-refractivity contribution in [1.29, 1.82) is 0 Å². The van der Waals surface area contributed by atoms with Crippen LogP contribution in [0.15, 0.2) is 17.5 Å². The zero-order valence-corrected chi connectivity index (χ0v) is 8.92. The summed E-state index contributed by atoms with van der Waals surface area (Å²) < 4.78 is 5.30. The maximum atomic E-state index is 10.7. The second-order valence-electron chi connectivity index (χ2n) is 3.01. The van der Waals surface area contributed by atoms with Crippen LogP contribution in [-0.4, -0.2) is 17.2 Å². The van der Waals surface area contributed by atoms with E-state index in [9.17, 15) is 4.79 Å². The van der Waals surface area contributed by atoms with Gasteiger partial charge >= 0.3 is 5.97 Å². The number of rotatable bonds is 6. The lowest BCUT2D eigenvalue weighted by Gasteiger charge is -2.11. The Hall–Kier alpha value is -0.870. The van der Waals surface area contributed by atoms with Crippen molar-refractivity contribution in [2.45, 2.75) is 32.5 Å². The Labute approximate surface area is 87.3 Å². The highest BCUT2D eigenvalue weighted by Crippen LogP contribution is 2.12. The molecule has 78 valence electrons. The quantitative estimate of drug-likeness (QED) is 0.791. The Morgan fingerprint density at radius 1 is 1.71 bits per heavy atom. The van der Waals surface area contributed by atoms with Gasteiger partial charge in [0.05, 0.1) is 6.61 Å². The van der Waals surface area contributed by atoms with Gasteiger partial charge in [0.2, 0.25) is 0 Å². The highest BCUT2D eigenvalue weighted by Gasteiger charge is 2.16. The summed E-state index contributed by atoms with van der Waals surface area (Å²) in [6.45, 7) is 2.35. The van der Waals surface area contributed by atoms with Crippen molar-refractivity contribution in [2.24, 2.45) is 0 Å². The Kier molecular flexibility index (Phi) is 4.62. The molecule has 0 aliphatic carbocycles. The van der Waals surface area contributed by atoms with Crippen molar-refractivity contribution in [1.82, 2.24) is 0 Å². The zero-order valence-electron chi connectivity index (χ0n) is 8.10. The number of ether oxygens (including phenoxy) is 1. The van der Waals surface area contributed by atoms with Gasteiger partial charge in [-0.2, -0.15) is 0 Å². The monoisotopic (exact) mass is 214 g/mol. The minimum atomic E-state index is -0.872. The van der Waals surface area contributed by atoms with Gasteiger partial charge in [-0.05, 0) is 17.9 Å². The fourth-order valence-corrected chi connectivity index (χ4v) is 1.74. The van der Waals surface area contributed by atoms with Gasteiger partial charge in [-0.1, -0.05) is 19.4 Å². The minimum absolute atomic E-state index is 0.397. The van der Waals surface area contributed by atoms with Crippen LogP contribution in [0.2, 0.25) is 0 Å². The maximum absolute atomic E-state index is 10.7. The van der Waals surface area contributed by atoms with Crippen molar-refractivity contribution in [3.05, 3.63) is 22.4 Å². The third kappa shape index (κ3) is 3.47. The molecule has 0 aliphatic rings. The molecular formula is C10H14O3S. The lowest BCUT2D eigenvalue weighted by molar-refractivity contribution is -0.151. The molecule has 1 aromatic rings. The van der Waals surface area contributed by atoms with Gasteiger partial charge in [-0.3, -0.25) is 0 Å². The fraction of sp³-hybridized carbons (Fsp3) is 0.500. The van der Waals surface area contributed by atoms with E-state index in [1.54, 1.807) is 11.3 Å². The van der Waals surface area contributed by atoms with Crippen molar-refractivity contribution in [3.8, 4) is 0 Å². The molecule has 1 rings (SSSR count). The number of carboxylic acid groups (broad SMARTS) is 1. The summed E-state index contributed by atoms with van der Waals surface area (Å²) in [6.07, 6.45) is 0.726. The Bertz CT molecular complexity index is 269. The van der Waals surface area contributed by atoms with Crippen molar-refractivity contribution in [3.63, 3.8) is 0 Å². The molecule has 0 fully saturated rings. The van der Waals surface area contributed by atoms with Gasteiger partial charge in [0, 0.05) is 4.88 Å². The zero-order chi connectivity index (χ0) is 10.4. The van der Waals surface area contributed by atoms with Gasteiger partial charge < -0.3 is 9.84 Å². The number of thiophene rings is 1. The SMILES string of the molecule is CCCC(OCc1cccs1)C(=O)O. The minimum Gasteiger partial charge on any atom is -0.479 e. The van der Waals surface area contributed by atoms with Crippen LogP contribution in [0.25, 0.3) is 0 Å². The van der Waals surface area contributed by atoms with Crippen molar-refractivity contribution >= 4 is 17.3 Å². The summed E-state index contributed by atoms with van der Waals surface area (Å²) in [5, 5.41) is 10.8. The molecule has 14 heavy (non-hydrogen) atoms. The molecule has 0 bridgehead atoms. The number of hydrogen-bond donors (Lipinski definition) is 1. The van der Waals surface area contributed by atoms with E-state index in [0.717, 1.165) is 11.3 Å². The Morgan fingerprint density at radius 2 is 2.50 bits per heavy atom. The van der Waals surface area contributed by atoms with Gasteiger partial charge in [0.1, 0.15) is 0 Å². The number of hydrogen-bond acceptors (Lipinski definition) is 3. The Morgan fingerprint density at radius 3 is 3.00 bits per heavy atom. The van der Waals surface area contributed by atoms with Crippen LogP contribution < -0.4 is 0 Å². The molecule has 0 aromatic carbocycles. The topological polar surface area (TPSA) is 46.5 Å². The van der Waals surface area contributed by atoms with Crippen LogP contribution in [0.1, 0.15) is 24.6 Å². The summed E-state index contributed by atoms with van der Waals surface area (Å²) in [7, 11) is 0. The Balaban J connectivity index is 2.37. The molecule has 0 spiro atoms. The normalized spacial score (nSPS) is 12.6. The van der Waals surface area contributed by atoms with Crippen LogP contribution in [0.3, 0.4) is 0 Å². The molecule has 3 nitrogen and oxygen atoms in total. The number of carbonyl (C=O) groups is 1. The second-order valence-corrected chi connectivity index (χ2v) is 4.04. The summed E-state index contributed by atoms with van der Waals surface area (Å²) in [6, 6.07) is 3.87. The standard InChI is InChI=1S/C10H14O3S/c1-2-4-9(10(11)12)13-7-8-5-3-6-14-8/h3,5-6,9H,2,4,7H2,1H3,(H,11,12). The maximum Gasteiger partial charge on any atom is 0.332 e. The van der Waals surface area contributed by atoms with Crippen molar-refractivity contribution in [2.75, 3.05) is 0 Å². The van der Waals surface area contributed by atoms with Crippen LogP contribution in [-0.2, 0) is 16.1 Å². The molecule has 1 N–H and O–H groups in total. The van der Waals surface area contributed by atoms with E-state index in [4.69, 9.17) is 9.84 Å². The second kappa shape index (κ2) is 5.78. The van der Waals surface area contributed by atoms with E-state index in [-0.39, 0.29) is 0 Å². The van der Waals surface area contributed by atoms with Gasteiger partial charge in [0.25, 0.3) is 0 Å². The summed E-state index contributed by atoms with van der Waals surface area (Å²) >= 11 is 1.58. The highest BCUT2D eigenvalue weighted by molar-refractivity contribution is 7.09. The molecular weight excluding hydrogens is 200 g/mol. The third-order valence-electron chi connectivity index (χ3n) is 1.83. The molecule has 0 saturated carbocycles. The van der Waals surface area contributed by atoms with Gasteiger partial charge in [0.15, 0.2) is 6.10 Å². The van der Waals surface area contributed by atoms with E-state index in [0.29, 0.717) is 13.0 Å². The van der Waals surface area contributed by atoms with E-state index in [1.165, 1.54) is 0 Å². The van der Waals surface area contributed by atoms with E-state index in [1.807, 2.05) is 24.4 Å². The highest BCUT2D eigenvalue weighted by atomic mass is 32.1. The lowest BCUT2D eigenvalue weighted by Crippen LogP contribution is -2.23. The average molecular weight is 214 g/mol. The van der Waals surface area contributed by atoms with Crippen LogP contribution in [0.4, 0.5) is 0 Å².